The first-order valence-electron chi connectivity index (χ1n) is 4.68. The quantitative estimate of drug-likeness (QED) is 0.622. The van der Waals surface area contributed by atoms with Crippen LogP contribution >= 0.6 is 0 Å². The zero-order valence-corrected chi connectivity index (χ0v) is 8.93. The zero-order chi connectivity index (χ0) is 10.6. The number of hydrogen-bond donors (Lipinski definition) is 0. The standard InChI is InChI=1S/C10H18O4/c1-5-13-10-8(6-11-3)14-7(2)9(10)12-4/h5,7-10H,1,6H2,2-4H3. The van der Waals surface area contributed by atoms with Gasteiger partial charge in [0.25, 0.3) is 0 Å². The minimum atomic E-state index is -0.132. The van der Waals surface area contributed by atoms with E-state index in [2.05, 4.69) is 6.58 Å². The lowest BCUT2D eigenvalue weighted by atomic mass is 10.1. The second kappa shape index (κ2) is 5.34. The normalized spacial score (nSPS) is 37.1. The Morgan fingerprint density at radius 3 is 2.57 bits per heavy atom. The Morgan fingerprint density at radius 2 is 2.07 bits per heavy atom. The van der Waals surface area contributed by atoms with Crippen molar-refractivity contribution in [3.8, 4) is 0 Å². The first-order chi connectivity index (χ1) is 6.74. The van der Waals surface area contributed by atoms with Crippen molar-refractivity contribution in [3.63, 3.8) is 0 Å². The van der Waals surface area contributed by atoms with Crippen LogP contribution in [0.1, 0.15) is 6.92 Å². The van der Waals surface area contributed by atoms with E-state index in [1.54, 1.807) is 14.2 Å². The molecule has 0 radical (unpaired) electrons. The van der Waals surface area contributed by atoms with Gasteiger partial charge in [0.15, 0.2) is 6.10 Å². The minimum Gasteiger partial charge on any atom is -0.493 e. The van der Waals surface area contributed by atoms with Crippen molar-refractivity contribution in [1.29, 1.82) is 0 Å². The van der Waals surface area contributed by atoms with Crippen LogP contribution in [0.5, 0.6) is 0 Å². The molecule has 1 aliphatic rings. The fourth-order valence-corrected chi connectivity index (χ4v) is 1.81. The van der Waals surface area contributed by atoms with Gasteiger partial charge in [0.05, 0.1) is 19.0 Å². The minimum absolute atomic E-state index is 0.0186. The van der Waals surface area contributed by atoms with Crippen LogP contribution in [0, 0.1) is 0 Å². The fraction of sp³-hybridized carbons (Fsp3) is 0.800. The lowest BCUT2D eigenvalue weighted by molar-refractivity contribution is -0.0338. The van der Waals surface area contributed by atoms with Crippen molar-refractivity contribution in [2.24, 2.45) is 0 Å². The van der Waals surface area contributed by atoms with Crippen molar-refractivity contribution in [2.45, 2.75) is 31.3 Å². The molecule has 14 heavy (non-hydrogen) atoms. The third kappa shape index (κ3) is 2.26. The average Bonchev–Trinajstić information content (AvgIpc) is 2.44. The molecule has 0 bridgehead atoms. The summed E-state index contributed by atoms with van der Waals surface area (Å²) in [5, 5.41) is 0. The first-order valence-corrected chi connectivity index (χ1v) is 4.68. The summed E-state index contributed by atoms with van der Waals surface area (Å²) in [7, 11) is 3.29. The molecule has 0 aromatic rings. The highest BCUT2D eigenvalue weighted by Gasteiger charge is 2.43. The third-order valence-corrected chi connectivity index (χ3v) is 2.40. The zero-order valence-electron chi connectivity index (χ0n) is 8.93. The predicted molar refractivity (Wildman–Crippen MR) is 52.1 cm³/mol. The second-order valence-corrected chi connectivity index (χ2v) is 3.30. The van der Waals surface area contributed by atoms with Crippen molar-refractivity contribution < 1.29 is 18.9 Å². The summed E-state index contributed by atoms with van der Waals surface area (Å²) in [5.41, 5.74) is 0. The fourth-order valence-electron chi connectivity index (χ4n) is 1.81. The smallest absolute Gasteiger partial charge is 0.155 e. The SMILES string of the molecule is C=COC1C(COC)OC(C)C1OC. The molecule has 82 valence electrons. The van der Waals surface area contributed by atoms with Crippen molar-refractivity contribution >= 4 is 0 Å². The lowest BCUT2D eigenvalue weighted by Gasteiger charge is -2.21. The molecule has 0 aromatic carbocycles. The number of methoxy groups -OCH3 is 2. The molecule has 1 saturated heterocycles. The molecule has 0 aromatic heterocycles. The van der Waals surface area contributed by atoms with Crippen LogP contribution in [0.25, 0.3) is 0 Å². The molecular weight excluding hydrogens is 184 g/mol. The Kier molecular flexibility index (Phi) is 4.38. The van der Waals surface area contributed by atoms with E-state index in [9.17, 15) is 0 Å². The molecule has 0 saturated carbocycles. The highest BCUT2D eigenvalue weighted by Crippen LogP contribution is 2.26. The van der Waals surface area contributed by atoms with Gasteiger partial charge in [-0.05, 0) is 6.92 Å². The molecule has 4 unspecified atom stereocenters. The predicted octanol–water partition coefficient (Wildman–Crippen LogP) is 0.964. The van der Waals surface area contributed by atoms with Gasteiger partial charge in [0, 0.05) is 14.2 Å². The molecule has 0 spiro atoms. The van der Waals surface area contributed by atoms with Crippen molar-refractivity contribution in [3.05, 3.63) is 12.8 Å². The molecule has 1 rings (SSSR count). The Labute approximate surface area is 84.8 Å². The van der Waals surface area contributed by atoms with Gasteiger partial charge in [0.1, 0.15) is 12.2 Å². The van der Waals surface area contributed by atoms with Crippen LogP contribution in [0.3, 0.4) is 0 Å². The van der Waals surface area contributed by atoms with E-state index in [1.165, 1.54) is 6.26 Å². The van der Waals surface area contributed by atoms with Crippen LogP contribution in [-0.4, -0.2) is 45.2 Å². The largest absolute Gasteiger partial charge is 0.493 e. The first kappa shape index (κ1) is 11.5. The van der Waals surface area contributed by atoms with Gasteiger partial charge in [-0.15, -0.1) is 0 Å². The Morgan fingerprint density at radius 1 is 1.36 bits per heavy atom. The number of rotatable bonds is 5. The molecular formula is C10H18O4. The topological polar surface area (TPSA) is 36.9 Å². The summed E-state index contributed by atoms with van der Waals surface area (Å²) in [5.74, 6) is 0. The summed E-state index contributed by atoms with van der Waals surface area (Å²) < 4.78 is 21.4. The molecule has 0 aliphatic carbocycles. The van der Waals surface area contributed by atoms with Gasteiger partial charge in [-0.1, -0.05) is 6.58 Å². The molecule has 0 amide bonds. The van der Waals surface area contributed by atoms with E-state index in [1.807, 2.05) is 6.92 Å². The average molecular weight is 202 g/mol. The van der Waals surface area contributed by atoms with E-state index in [4.69, 9.17) is 18.9 Å². The van der Waals surface area contributed by atoms with Crippen LogP contribution < -0.4 is 0 Å². The van der Waals surface area contributed by atoms with Crippen LogP contribution in [0.2, 0.25) is 0 Å². The monoisotopic (exact) mass is 202 g/mol. The maximum absolute atomic E-state index is 5.65. The van der Waals surface area contributed by atoms with Gasteiger partial charge < -0.3 is 18.9 Å². The summed E-state index contributed by atoms with van der Waals surface area (Å²) >= 11 is 0. The van der Waals surface area contributed by atoms with Gasteiger partial charge in [-0.3, -0.25) is 0 Å². The Bertz CT molecular complexity index is 183. The van der Waals surface area contributed by atoms with Crippen molar-refractivity contribution in [2.75, 3.05) is 20.8 Å². The van der Waals surface area contributed by atoms with E-state index in [0.29, 0.717) is 6.61 Å². The Hall–Kier alpha value is -0.580. The number of hydrogen-bond acceptors (Lipinski definition) is 4. The van der Waals surface area contributed by atoms with Crippen LogP contribution in [0.4, 0.5) is 0 Å². The van der Waals surface area contributed by atoms with Crippen LogP contribution in [-0.2, 0) is 18.9 Å². The highest BCUT2D eigenvalue weighted by molar-refractivity contribution is 4.91. The van der Waals surface area contributed by atoms with Gasteiger partial charge in [-0.25, -0.2) is 0 Å². The van der Waals surface area contributed by atoms with E-state index in [0.717, 1.165) is 0 Å². The molecule has 4 heteroatoms. The summed E-state index contributed by atoms with van der Waals surface area (Å²) in [6.45, 7) is 6.00. The number of ether oxygens (including phenoxy) is 4. The Balaban J connectivity index is 2.63. The molecule has 0 N–H and O–H groups in total. The highest BCUT2D eigenvalue weighted by atomic mass is 16.6. The van der Waals surface area contributed by atoms with E-state index >= 15 is 0 Å². The van der Waals surface area contributed by atoms with E-state index < -0.39 is 0 Å². The maximum atomic E-state index is 5.65. The molecule has 1 aliphatic heterocycles. The molecule has 4 atom stereocenters. The lowest BCUT2D eigenvalue weighted by Crippen LogP contribution is -2.36. The summed E-state index contributed by atoms with van der Waals surface area (Å²) in [4.78, 5) is 0. The van der Waals surface area contributed by atoms with Gasteiger partial charge in [-0.2, -0.15) is 0 Å². The third-order valence-electron chi connectivity index (χ3n) is 2.40. The summed E-state index contributed by atoms with van der Waals surface area (Å²) in [6.07, 6.45) is 1.16. The van der Waals surface area contributed by atoms with Gasteiger partial charge >= 0.3 is 0 Å². The molecule has 1 fully saturated rings. The van der Waals surface area contributed by atoms with E-state index in [-0.39, 0.29) is 24.4 Å². The van der Waals surface area contributed by atoms with Gasteiger partial charge in [0.2, 0.25) is 0 Å². The van der Waals surface area contributed by atoms with Crippen LogP contribution in [0.15, 0.2) is 12.8 Å². The maximum Gasteiger partial charge on any atom is 0.155 e. The summed E-state index contributed by atoms with van der Waals surface area (Å²) in [6, 6.07) is 0. The molecule has 4 nitrogen and oxygen atoms in total. The second-order valence-electron chi connectivity index (χ2n) is 3.30. The molecule has 1 heterocycles. The van der Waals surface area contributed by atoms with Crippen molar-refractivity contribution in [1.82, 2.24) is 0 Å².